The molecular formula is C25H26ClN5O3. The number of benzene rings is 1. The molecule has 2 fully saturated rings. The predicted octanol–water partition coefficient (Wildman–Crippen LogP) is 3.48. The van der Waals surface area contributed by atoms with Gasteiger partial charge in [-0.15, -0.1) is 10.2 Å². The summed E-state index contributed by atoms with van der Waals surface area (Å²) in [6, 6.07) is 15.0. The Morgan fingerprint density at radius 1 is 1.00 bits per heavy atom. The molecule has 2 amide bonds. The predicted molar refractivity (Wildman–Crippen MR) is 128 cm³/mol. The number of nitrogens with zero attached hydrogens (tertiary/aromatic N) is 5. The standard InChI is InChI=1S/C25H26ClN5O3/c26-21-6-2-1-5-20(21)22-9-10-23(28-27-22)29-11-13-30(14-12-29)24(32)17-31(25(33)18-7-8-18)16-19-4-3-15-34-19/h1-6,9-10,15,18H,7-8,11-14,16-17H2. The molecule has 176 valence electrons. The number of hydrogen-bond acceptors (Lipinski definition) is 6. The smallest absolute Gasteiger partial charge is 0.242 e. The fourth-order valence-electron chi connectivity index (χ4n) is 4.15. The van der Waals surface area contributed by atoms with Crippen molar-refractivity contribution in [3.8, 4) is 11.3 Å². The summed E-state index contributed by atoms with van der Waals surface area (Å²) < 4.78 is 5.40. The quantitative estimate of drug-likeness (QED) is 0.516. The summed E-state index contributed by atoms with van der Waals surface area (Å²) in [4.78, 5) is 31.3. The van der Waals surface area contributed by atoms with Crippen molar-refractivity contribution in [1.29, 1.82) is 0 Å². The molecule has 0 N–H and O–H groups in total. The molecule has 1 aliphatic carbocycles. The van der Waals surface area contributed by atoms with Gasteiger partial charge < -0.3 is 19.1 Å². The molecule has 8 nitrogen and oxygen atoms in total. The highest BCUT2D eigenvalue weighted by Gasteiger charge is 2.35. The summed E-state index contributed by atoms with van der Waals surface area (Å²) in [7, 11) is 0. The molecule has 9 heteroatoms. The lowest BCUT2D eigenvalue weighted by molar-refractivity contribution is -0.142. The van der Waals surface area contributed by atoms with Crippen molar-refractivity contribution in [3.63, 3.8) is 0 Å². The maximum atomic E-state index is 13.0. The van der Waals surface area contributed by atoms with Crippen molar-refractivity contribution in [2.24, 2.45) is 5.92 Å². The highest BCUT2D eigenvalue weighted by Crippen LogP contribution is 2.31. The Morgan fingerprint density at radius 3 is 2.44 bits per heavy atom. The number of furan rings is 1. The van der Waals surface area contributed by atoms with Crippen LogP contribution in [0.1, 0.15) is 18.6 Å². The van der Waals surface area contributed by atoms with Crippen LogP contribution in [0.15, 0.2) is 59.2 Å². The van der Waals surface area contributed by atoms with E-state index in [2.05, 4.69) is 15.1 Å². The number of carbonyl (C=O) groups is 2. The summed E-state index contributed by atoms with van der Waals surface area (Å²) >= 11 is 6.26. The molecule has 0 spiro atoms. The first-order chi connectivity index (χ1) is 16.6. The fraction of sp³-hybridized carbons (Fsp3) is 0.360. The van der Waals surface area contributed by atoms with Gasteiger partial charge in [-0.25, -0.2) is 0 Å². The van der Waals surface area contributed by atoms with E-state index < -0.39 is 0 Å². The Labute approximate surface area is 203 Å². The molecule has 0 bridgehead atoms. The number of anilines is 1. The van der Waals surface area contributed by atoms with Gasteiger partial charge in [-0.2, -0.15) is 0 Å². The van der Waals surface area contributed by atoms with Crippen LogP contribution in [0.4, 0.5) is 5.82 Å². The number of rotatable bonds is 7. The van der Waals surface area contributed by atoms with Crippen LogP contribution in [0.25, 0.3) is 11.3 Å². The molecule has 3 heterocycles. The first-order valence-corrected chi connectivity index (χ1v) is 11.9. The van der Waals surface area contributed by atoms with E-state index in [9.17, 15) is 9.59 Å². The summed E-state index contributed by atoms with van der Waals surface area (Å²) in [6.45, 7) is 2.84. The van der Waals surface area contributed by atoms with Gasteiger partial charge >= 0.3 is 0 Å². The Hall–Kier alpha value is -3.39. The van der Waals surface area contributed by atoms with E-state index in [0.29, 0.717) is 43.5 Å². The number of carbonyl (C=O) groups excluding carboxylic acids is 2. The maximum absolute atomic E-state index is 13.0. The van der Waals surface area contributed by atoms with E-state index in [1.54, 1.807) is 17.2 Å². The van der Waals surface area contributed by atoms with Gasteiger partial charge in [-0.1, -0.05) is 29.8 Å². The number of halogens is 1. The van der Waals surface area contributed by atoms with E-state index in [4.69, 9.17) is 16.0 Å². The summed E-state index contributed by atoms with van der Waals surface area (Å²) in [5.74, 6) is 1.50. The first-order valence-electron chi connectivity index (χ1n) is 11.5. The molecule has 3 aromatic rings. The van der Waals surface area contributed by atoms with Crippen LogP contribution in [-0.4, -0.2) is 64.5 Å². The second kappa shape index (κ2) is 9.85. The number of piperazine rings is 1. The van der Waals surface area contributed by atoms with E-state index >= 15 is 0 Å². The molecule has 2 aromatic heterocycles. The lowest BCUT2D eigenvalue weighted by Crippen LogP contribution is -2.52. The zero-order valence-corrected chi connectivity index (χ0v) is 19.5. The van der Waals surface area contributed by atoms with E-state index in [-0.39, 0.29) is 24.3 Å². The van der Waals surface area contributed by atoms with Gasteiger partial charge in [0.2, 0.25) is 11.8 Å². The monoisotopic (exact) mass is 479 g/mol. The maximum Gasteiger partial charge on any atom is 0.242 e. The van der Waals surface area contributed by atoms with Crippen LogP contribution >= 0.6 is 11.6 Å². The lowest BCUT2D eigenvalue weighted by atomic mass is 10.1. The minimum Gasteiger partial charge on any atom is -0.467 e. The molecule has 2 aliphatic rings. The van der Waals surface area contributed by atoms with Crippen LogP contribution in [0.5, 0.6) is 0 Å². The van der Waals surface area contributed by atoms with Gasteiger partial charge in [0.05, 0.1) is 23.5 Å². The van der Waals surface area contributed by atoms with Crippen molar-refractivity contribution < 1.29 is 14.0 Å². The molecule has 0 atom stereocenters. The first kappa shape index (κ1) is 22.4. The Kier molecular flexibility index (Phi) is 6.49. The second-order valence-electron chi connectivity index (χ2n) is 8.67. The lowest BCUT2D eigenvalue weighted by Gasteiger charge is -2.36. The van der Waals surface area contributed by atoms with Gasteiger partial charge in [0.15, 0.2) is 5.82 Å². The average molecular weight is 480 g/mol. The van der Waals surface area contributed by atoms with Crippen molar-refractivity contribution in [2.75, 3.05) is 37.6 Å². The fourth-order valence-corrected chi connectivity index (χ4v) is 4.38. The molecule has 5 rings (SSSR count). The highest BCUT2D eigenvalue weighted by atomic mass is 35.5. The van der Waals surface area contributed by atoms with Crippen LogP contribution in [0.2, 0.25) is 5.02 Å². The van der Waals surface area contributed by atoms with Crippen molar-refractivity contribution in [2.45, 2.75) is 19.4 Å². The van der Waals surface area contributed by atoms with Gasteiger partial charge in [-0.05, 0) is 43.2 Å². The third kappa shape index (κ3) is 5.07. The highest BCUT2D eigenvalue weighted by molar-refractivity contribution is 6.33. The molecule has 0 unspecified atom stereocenters. The van der Waals surface area contributed by atoms with Crippen LogP contribution < -0.4 is 4.90 Å². The number of hydrogen-bond donors (Lipinski definition) is 0. The Morgan fingerprint density at radius 2 is 1.79 bits per heavy atom. The molecule has 1 saturated carbocycles. The third-order valence-electron chi connectivity index (χ3n) is 6.25. The third-order valence-corrected chi connectivity index (χ3v) is 6.58. The van der Waals surface area contributed by atoms with Crippen LogP contribution in [-0.2, 0) is 16.1 Å². The van der Waals surface area contributed by atoms with Gasteiger partial charge in [0, 0.05) is 37.7 Å². The van der Waals surface area contributed by atoms with Crippen molar-refractivity contribution in [3.05, 3.63) is 65.6 Å². The van der Waals surface area contributed by atoms with Crippen LogP contribution in [0.3, 0.4) is 0 Å². The minimum atomic E-state index is -0.0413. The number of aromatic nitrogens is 2. The van der Waals surface area contributed by atoms with Gasteiger partial charge in [0.25, 0.3) is 0 Å². The summed E-state index contributed by atoms with van der Waals surface area (Å²) in [5, 5.41) is 9.36. The Balaban J connectivity index is 1.17. The molecule has 1 aliphatic heterocycles. The normalized spacial score (nSPS) is 15.9. The summed E-state index contributed by atoms with van der Waals surface area (Å²) in [5.41, 5.74) is 1.57. The minimum absolute atomic E-state index is 0.0391. The molecular weight excluding hydrogens is 454 g/mol. The van der Waals surface area contributed by atoms with Crippen molar-refractivity contribution in [1.82, 2.24) is 20.0 Å². The van der Waals surface area contributed by atoms with Gasteiger partial charge in [0.1, 0.15) is 12.3 Å². The van der Waals surface area contributed by atoms with Crippen molar-refractivity contribution >= 4 is 29.2 Å². The SMILES string of the molecule is O=C(CN(Cc1ccco1)C(=O)C1CC1)N1CCN(c2ccc(-c3ccccc3Cl)nn2)CC1. The van der Waals surface area contributed by atoms with E-state index in [1.165, 1.54) is 0 Å². The molecule has 34 heavy (non-hydrogen) atoms. The molecule has 0 radical (unpaired) electrons. The second-order valence-corrected chi connectivity index (χ2v) is 9.08. The molecule has 1 aromatic carbocycles. The molecule has 1 saturated heterocycles. The van der Waals surface area contributed by atoms with E-state index in [0.717, 1.165) is 29.9 Å². The van der Waals surface area contributed by atoms with Gasteiger partial charge in [-0.3, -0.25) is 9.59 Å². The van der Waals surface area contributed by atoms with E-state index in [1.807, 2.05) is 47.4 Å². The number of amides is 2. The zero-order chi connectivity index (χ0) is 23.5. The zero-order valence-electron chi connectivity index (χ0n) is 18.8. The topological polar surface area (TPSA) is 82.8 Å². The van der Waals surface area contributed by atoms with Crippen LogP contribution in [0, 0.1) is 5.92 Å². The average Bonchev–Trinajstić information content (AvgIpc) is 3.60. The Bertz CT molecular complexity index is 1140. The summed E-state index contributed by atoms with van der Waals surface area (Å²) in [6.07, 6.45) is 3.38. The largest absolute Gasteiger partial charge is 0.467 e.